The van der Waals surface area contributed by atoms with Crippen molar-refractivity contribution in [1.82, 2.24) is 19.9 Å². The molecule has 0 aliphatic heterocycles. The largest absolute Gasteiger partial charge is 0.487 e. The third kappa shape index (κ3) is 6.16. The molecule has 11 nitrogen and oxygen atoms in total. The van der Waals surface area contributed by atoms with Crippen LogP contribution >= 0.6 is 11.3 Å². The van der Waals surface area contributed by atoms with Crippen LogP contribution in [-0.4, -0.2) is 64.7 Å². The summed E-state index contributed by atoms with van der Waals surface area (Å²) < 4.78 is 36.6. The summed E-state index contributed by atoms with van der Waals surface area (Å²) in [5.41, 5.74) is 3.98. The molecule has 0 saturated carbocycles. The number of fused-ring (bicyclic) bond motifs is 2. The van der Waals surface area contributed by atoms with E-state index >= 15 is 0 Å². The summed E-state index contributed by atoms with van der Waals surface area (Å²) in [5, 5.41) is 12.0. The number of thiazole rings is 1. The average molecular weight is 566 g/mol. The molecule has 206 valence electrons. The fraction of sp³-hybridized carbons (Fsp3) is 0.222. The van der Waals surface area contributed by atoms with Crippen LogP contribution < -0.4 is 19.5 Å². The topological polar surface area (TPSA) is 138 Å². The van der Waals surface area contributed by atoms with Crippen molar-refractivity contribution in [1.29, 1.82) is 0 Å². The molecular weight excluding hydrogens is 541 g/mol. The maximum Gasteiger partial charge on any atom is 0.411 e. The number of hydrogen-bond acceptors (Lipinski definition) is 11. The lowest BCUT2D eigenvalue weighted by Gasteiger charge is -2.10. The van der Waals surface area contributed by atoms with Gasteiger partial charge in [-0.2, -0.15) is 0 Å². The molecule has 1 amide bonds. The highest BCUT2D eigenvalue weighted by atomic mass is 32.1. The minimum atomic E-state index is -0.725. The molecule has 0 aliphatic rings. The van der Waals surface area contributed by atoms with Gasteiger partial charge in [-0.3, -0.25) is 5.32 Å². The maximum atomic E-state index is 14.8. The first-order valence-electron chi connectivity index (χ1n) is 12.1. The fourth-order valence-corrected chi connectivity index (χ4v) is 4.81. The number of hydrogen-bond donors (Lipinski definition) is 2. The molecule has 0 bridgehead atoms. The van der Waals surface area contributed by atoms with Gasteiger partial charge in [0.25, 0.3) is 0 Å². The van der Waals surface area contributed by atoms with Crippen LogP contribution in [-0.2, 0) is 4.74 Å². The quantitative estimate of drug-likeness (QED) is 0.228. The van der Waals surface area contributed by atoms with Crippen molar-refractivity contribution < 1.29 is 33.2 Å². The number of nitrogens with one attached hydrogen (secondary N) is 1. The summed E-state index contributed by atoms with van der Waals surface area (Å²) in [7, 11) is 1.53. The van der Waals surface area contributed by atoms with Crippen molar-refractivity contribution in [2.45, 2.75) is 6.92 Å². The number of aromatic nitrogens is 4. The van der Waals surface area contributed by atoms with E-state index in [9.17, 15) is 9.18 Å². The Morgan fingerprint density at radius 3 is 2.73 bits per heavy atom. The normalized spacial score (nSPS) is 11.0. The molecule has 0 unspecified atom stereocenters. The molecule has 5 rings (SSSR count). The van der Waals surface area contributed by atoms with Gasteiger partial charge < -0.3 is 24.1 Å². The van der Waals surface area contributed by atoms with E-state index in [0.717, 1.165) is 15.8 Å². The van der Waals surface area contributed by atoms with Gasteiger partial charge in [0.2, 0.25) is 11.8 Å². The van der Waals surface area contributed by atoms with E-state index in [1.807, 2.05) is 19.1 Å². The van der Waals surface area contributed by atoms with Gasteiger partial charge >= 0.3 is 6.09 Å². The van der Waals surface area contributed by atoms with Crippen molar-refractivity contribution in [3.63, 3.8) is 0 Å². The zero-order chi connectivity index (χ0) is 28.1. The van der Waals surface area contributed by atoms with Gasteiger partial charge in [0, 0.05) is 30.0 Å². The standard InChI is InChI=1S/C27H24FN5O6S/c1-15-9-17(25-20(10-15)32-24(36-2)14-30-25)26-33-19-12-18(28)21(13-22(19)40-26)37-7-8-39-27(35)31-16-3-4-29-23(11-16)38-6-5-34/h3-4,9-14,34H,5-8H2,1-2H3,(H,29,31,35). The Labute approximate surface area is 231 Å². The molecule has 40 heavy (non-hydrogen) atoms. The molecule has 13 heteroatoms. The highest BCUT2D eigenvalue weighted by Gasteiger charge is 2.16. The number of aliphatic hydroxyl groups is 1. The second kappa shape index (κ2) is 12.1. The van der Waals surface area contributed by atoms with Gasteiger partial charge in [-0.1, -0.05) is 0 Å². The first-order valence-corrected chi connectivity index (χ1v) is 12.9. The van der Waals surface area contributed by atoms with Crippen LogP contribution in [0.25, 0.3) is 31.8 Å². The van der Waals surface area contributed by atoms with Crippen molar-refractivity contribution in [2.75, 3.05) is 38.9 Å². The Kier molecular flexibility index (Phi) is 8.12. The van der Waals surface area contributed by atoms with E-state index in [1.165, 1.54) is 36.8 Å². The predicted molar refractivity (Wildman–Crippen MR) is 147 cm³/mol. The molecule has 5 aromatic rings. The van der Waals surface area contributed by atoms with E-state index < -0.39 is 11.9 Å². The SMILES string of the molecule is COc1cnc2c(-c3nc4cc(F)c(OCCOC(=O)Nc5ccnc(OCCO)c5)cc4s3)cc(C)cc2n1. The third-order valence-corrected chi connectivity index (χ3v) is 6.60. The molecule has 0 radical (unpaired) electrons. The van der Waals surface area contributed by atoms with Gasteiger partial charge in [-0.15, -0.1) is 11.3 Å². The number of rotatable bonds is 10. The Hall–Kier alpha value is -4.62. The summed E-state index contributed by atoms with van der Waals surface area (Å²) in [6.45, 7) is 1.69. The van der Waals surface area contributed by atoms with Gasteiger partial charge in [0.05, 0.1) is 46.9 Å². The molecule has 0 saturated heterocycles. The summed E-state index contributed by atoms with van der Waals surface area (Å²) in [6.07, 6.45) is 2.27. The number of halogens is 1. The molecule has 0 spiro atoms. The zero-order valence-electron chi connectivity index (χ0n) is 21.5. The van der Waals surface area contributed by atoms with Crippen molar-refractivity contribution in [3.05, 3.63) is 60.2 Å². The summed E-state index contributed by atoms with van der Waals surface area (Å²) in [5.74, 6) is 0.0924. The first kappa shape index (κ1) is 27.0. The summed E-state index contributed by atoms with van der Waals surface area (Å²) in [6, 6.07) is 9.81. The lowest BCUT2D eigenvalue weighted by Crippen LogP contribution is -2.18. The van der Waals surface area contributed by atoms with Crippen molar-refractivity contribution >= 4 is 44.4 Å². The number of methoxy groups -OCH3 is 1. The van der Waals surface area contributed by atoms with Gasteiger partial charge in [-0.05, 0) is 30.7 Å². The molecule has 3 aromatic heterocycles. The Morgan fingerprint density at radius 2 is 1.90 bits per heavy atom. The van der Waals surface area contributed by atoms with Crippen molar-refractivity contribution in [3.8, 4) is 28.1 Å². The highest BCUT2D eigenvalue weighted by molar-refractivity contribution is 7.21. The molecular formula is C27H24FN5O6S. The van der Waals surface area contributed by atoms with Crippen LogP contribution in [0, 0.1) is 12.7 Å². The van der Waals surface area contributed by atoms with E-state index in [2.05, 4.69) is 25.3 Å². The lowest BCUT2D eigenvalue weighted by atomic mass is 10.1. The van der Waals surface area contributed by atoms with Crippen LogP contribution in [0.3, 0.4) is 0 Å². The molecule has 2 N–H and O–H groups in total. The molecule has 0 aliphatic carbocycles. The zero-order valence-corrected chi connectivity index (χ0v) is 22.3. The second-order valence-electron chi connectivity index (χ2n) is 8.43. The Bertz CT molecular complexity index is 1680. The highest BCUT2D eigenvalue weighted by Crippen LogP contribution is 2.37. The van der Waals surface area contributed by atoms with Gasteiger partial charge in [0.15, 0.2) is 11.6 Å². The number of ether oxygens (including phenoxy) is 4. The second-order valence-corrected chi connectivity index (χ2v) is 9.46. The summed E-state index contributed by atoms with van der Waals surface area (Å²) >= 11 is 1.38. The van der Waals surface area contributed by atoms with Gasteiger partial charge in [0.1, 0.15) is 24.8 Å². The average Bonchev–Trinajstić information content (AvgIpc) is 3.36. The number of amides is 1. The number of nitrogens with zero attached hydrogens (tertiary/aromatic N) is 4. The number of carbonyl (C=O) groups is 1. The number of anilines is 1. The Morgan fingerprint density at radius 1 is 1.02 bits per heavy atom. The summed E-state index contributed by atoms with van der Waals surface area (Å²) in [4.78, 5) is 29.7. The Balaban J connectivity index is 1.24. The minimum Gasteiger partial charge on any atom is -0.487 e. The van der Waals surface area contributed by atoms with E-state index in [1.54, 1.807) is 18.3 Å². The van der Waals surface area contributed by atoms with E-state index in [-0.39, 0.29) is 38.1 Å². The van der Waals surface area contributed by atoms with Crippen LogP contribution in [0.4, 0.5) is 14.9 Å². The monoisotopic (exact) mass is 565 g/mol. The predicted octanol–water partition coefficient (Wildman–Crippen LogP) is 4.76. The fourth-order valence-electron chi connectivity index (χ4n) is 3.82. The van der Waals surface area contributed by atoms with Crippen LogP contribution in [0.1, 0.15) is 5.56 Å². The number of pyridine rings is 1. The van der Waals surface area contributed by atoms with E-state index in [4.69, 9.17) is 24.1 Å². The lowest BCUT2D eigenvalue weighted by molar-refractivity contribution is 0.136. The number of aliphatic hydroxyl groups excluding tert-OH is 1. The van der Waals surface area contributed by atoms with Crippen LogP contribution in [0.2, 0.25) is 0 Å². The third-order valence-electron chi connectivity index (χ3n) is 5.55. The minimum absolute atomic E-state index is 0.0187. The smallest absolute Gasteiger partial charge is 0.411 e. The number of benzene rings is 2. The molecule has 3 heterocycles. The number of carbonyl (C=O) groups excluding carboxylic acids is 1. The molecule has 0 atom stereocenters. The van der Waals surface area contributed by atoms with Crippen LogP contribution in [0.5, 0.6) is 17.5 Å². The first-order chi connectivity index (χ1) is 19.4. The van der Waals surface area contributed by atoms with Crippen LogP contribution in [0.15, 0.2) is 48.8 Å². The van der Waals surface area contributed by atoms with E-state index in [0.29, 0.717) is 33.1 Å². The maximum absolute atomic E-state index is 14.8. The van der Waals surface area contributed by atoms with Crippen molar-refractivity contribution in [2.24, 2.45) is 0 Å². The molecule has 0 fully saturated rings. The van der Waals surface area contributed by atoms with Gasteiger partial charge in [-0.25, -0.2) is 29.1 Å². The molecule has 2 aromatic carbocycles. The number of aryl methyl sites for hydroxylation is 1.